The molecule has 6 nitrogen and oxygen atoms in total. The fourth-order valence-electron chi connectivity index (χ4n) is 2.49. The van der Waals surface area contributed by atoms with Crippen LogP contribution in [0.2, 0.25) is 0 Å². The van der Waals surface area contributed by atoms with Crippen molar-refractivity contribution in [3.63, 3.8) is 0 Å². The molecule has 0 spiro atoms. The lowest BCUT2D eigenvalue weighted by atomic mass is 10.1. The number of benzene rings is 1. The van der Waals surface area contributed by atoms with Crippen molar-refractivity contribution in [2.75, 3.05) is 0 Å². The lowest BCUT2D eigenvalue weighted by Crippen LogP contribution is -2.35. The van der Waals surface area contributed by atoms with Gasteiger partial charge < -0.3 is 9.73 Å². The Bertz CT molecular complexity index is 805. The first kappa shape index (κ1) is 14.3. The third kappa shape index (κ3) is 2.72. The lowest BCUT2D eigenvalue weighted by Gasteiger charge is -2.12. The summed E-state index contributed by atoms with van der Waals surface area (Å²) in [5.74, 6) is 0.157. The number of carbonyl (C=O) groups is 1. The van der Waals surface area contributed by atoms with Gasteiger partial charge in [-0.2, -0.15) is 5.10 Å². The molecule has 0 radical (unpaired) electrons. The molecule has 2 aromatic heterocycles. The van der Waals surface area contributed by atoms with Gasteiger partial charge in [0.2, 0.25) is 0 Å². The Morgan fingerprint density at radius 3 is 2.95 bits per heavy atom. The molecule has 0 aliphatic heterocycles. The molecule has 3 rings (SSSR count). The van der Waals surface area contributed by atoms with E-state index in [-0.39, 0.29) is 11.9 Å². The summed E-state index contributed by atoms with van der Waals surface area (Å²) in [6.45, 7) is 6.38. The van der Waals surface area contributed by atoms with Gasteiger partial charge in [-0.3, -0.25) is 9.48 Å². The highest BCUT2D eigenvalue weighted by atomic mass is 16.3. The zero-order valence-electron chi connectivity index (χ0n) is 12.8. The maximum Gasteiger partial charge on any atom is 0.287 e. The van der Waals surface area contributed by atoms with Crippen LogP contribution in [0.1, 0.15) is 28.6 Å². The fourth-order valence-corrected chi connectivity index (χ4v) is 2.49. The number of nitrogens with zero attached hydrogens (tertiary/aromatic N) is 3. The van der Waals surface area contributed by atoms with Crippen LogP contribution in [0.3, 0.4) is 0 Å². The van der Waals surface area contributed by atoms with Crippen LogP contribution in [0.25, 0.3) is 11.0 Å². The second-order valence-electron chi connectivity index (χ2n) is 5.55. The van der Waals surface area contributed by atoms with Crippen molar-refractivity contribution in [1.29, 1.82) is 0 Å². The van der Waals surface area contributed by atoms with Gasteiger partial charge in [0.25, 0.3) is 5.91 Å². The standard InChI is InChI=1S/C16H18N4O2/c1-10-4-5-13-12(3)15(22-14(13)6-10)16(21)19-11(2)7-20-9-17-8-18-20/h4-6,8-9,11H,7H2,1-3H3,(H,19,21). The van der Waals surface area contributed by atoms with Crippen molar-refractivity contribution in [2.24, 2.45) is 0 Å². The first-order valence-electron chi connectivity index (χ1n) is 7.17. The number of rotatable bonds is 4. The Labute approximate surface area is 128 Å². The van der Waals surface area contributed by atoms with Crippen LogP contribution in [-0.4, -0.2) is 26.7 Å². The van der Waals surface area contributed by atoms with E-state index in [4.69, 9.17) is 4.42 Å². The highest BCUT2D eigenvalue weighted by Gasteiger charge is 2.19. The highest BCUT2D eigenvalue weighted by molar-refractivity contribution is 5.99. The van der Waals surface area contributed by atoms with Crippen LogP contribution in [0, 0.1) is 13.8 Å². The Hall–Kier alpha value is -2.63. The van der Waals surface area contributed by atoms with Gasteiger partial charge in [0.1, 0.15) is 18.2 Å². The maximum atomic E-state index is 12.4. The number of nitrogens with one attached hydrogen (secondary N) is 1. The molecule has 1 atom stereocenters. The second kappa shape index (κ2) is 5.63. The summed E-state index contributed by atoms with van der Waals surface area (Å²) >= 11 is 0. The summed E-state index contributed by atoms with van der Waals surface area (Å²) < 4.78 is 7.41. The number of furan rings is 1. The maximum absolute atomic E-state index is 12.4. The van der Waals surface area contributed by atoms with Crippen LogP contribution in [0.15, 0.2) is 35.3 Å². The van der Waals surface area contributed by atoms with Gasteiger partial charge in [0, 0.05) is 17.0 Å². The van der Waals surface area contributed by atoms with E-state index in [1.54, 1.807) is 11.0 Å². The topological polar surface area (TPSA) is 73.0 Å². The zero-order chi connectivity index (χ0) is 15.7. The van der Waals surface area contributed by atoms with E-state index >= 15 is 0 Å². The van der Waals surface area contributed by atoms with Crippen LogP contribution >= 0.6 is 0 Å². The van der Waals surface area contributed by atoms with Gasteiger partial charge >= 0.3 is 0 Å². The minimum atomic E-state index is -0.209. The Kier molecular flexibility index (Phi) is 3.66. The van der Waals surface area contributed by atoms with Crippen molar-refractivity contribution in [3.8, 4) is 0 Å². The van der Waals surface area contributed by atoms with Crippen molar-refractivity contribution < 1.29 is 9.21 Å². The van der Waals surface area contributed by atoms with Gasteiger partial charge in [-0.1, -0.05) is 12.1 Å². The monoisotopic (exact) mass is 298 g/mol. The molecular formula is C16H18N4O2. The molecule has 114 valence electrons. The minimum absolute atomic E-state index is 0.0800. The van der Waals surface area contributed by atoms with Crippen molar-refractivity contribution in [3.05, 3.63) is 47.7 Å². The largest absolute Gasteiger partial charge is 0.451 e. The zero-order valence-corrected chi connectivity index (χ0v) is 12.8. The van der Waals surface area contributed by atoms with Crippen LogP contribution in [0.4, 0.5) is 0 Å². The number of carbonyl (C=O) groups excluding carboxylic acids is 1. The van der Waals surface area contributed by atoms with Gasteiger partial charge in [0.15, 0.2) is 5.76 Å². The molecule has 0 bridgehead atoms. The summed E-state index contributed by atoms with van der Waals surface area (Å²) in [7, 11) is 0. The quantitative estimate of drug-likeness (QED) is 0.803. The molecule has 1 N–H and O–H groups in total. The molecule has 0 fully saturated rings. The fraction of sp³-hybridized carbons (Fsp3) is 0.312. The SMILES string of the molecule is Cc1ccc2c(C)c(C(=O)NC(C)Cn3cncn3)oc2c1. The van der Waals surface area contributed by atoms with Gasteiger partial charge in [-0.05, 0) is 32.4 Å². The van der Waals surface area contributed by atoms with Gasteiger partial charge in [0.05, 0.1) is 6.54 Å². The third-order valence-electron chi connectivity index (χ3n) is 3.60. The predicted molar refractivity (Wildman–Crippen MR) is 82.6 cm³/mol. The lowest BCUT2D eigenvalue weighted by molar-refractivity contribution is 0.0909. The minimum Gasteiger partial charge on any atom is -0.451 e. The van der Waals surface area contributed by atoms with Gasteiger partial charge in [-0.25, -0.2) is 4.98 Å². The molecule has 3 aromatic rings. The van der Waals surface area contributed by atoms with E-state index in [1.807, 2.05) is 39.0 Å². The van der Waals surface area contributed by atoms with E-state index in [2.05, 4.69) is 15.4 Å². The molecule has 2 heterocycles. The predicted octanol–water partition coefficient (Wildman–Crippen LogP) is 2.46. The van der Waals surface area contributed by atoms with Crippen LogP contribution in [-0.2, 0) is 6.54 Å². The van der Waals surface area contributed by atoms with E-state index < -0.39 is 0 Å². The molecule has 0 saturated heterocycles. The summed E-state index contributed by atoms with van der Waals surface area (Å²) in [6, 6.07) is 5.86. The average molecular weight is 298 g/mol. The molecule has 0 saturated carbocycles. The van der Waals surface area contributed by atoms with Crippen molar-refractivity contribution in [1.82, 2.24) is 20.1 Å². The highest BCUT2D eigenvalue weighted by Crippen LogP contribution is 2.26. The average Bonchev–Trinajstić information content (AvgIpc) is 3.07. The Balaban J connectivity index is 1.78. The molecule has 22 heavy (non-hydrogen) atoms. The first-order chi connectivity index (χ1) is 10.5. The number of aromatic nitrogens is 3. The first-order valence-corrected chi connectivity index (χ1v) is 7.17. The number of hydrogen-bond donors (Lipinski definition) is 1. The van der Waals surface area contributed by atoms with E-state index in [9.17, 15) is 4.79 Å². The third-order valence-corrected chi connectivity index (χ3v) is 3.60. The number of aryl methyl sites for hydroxylation is 2. The van der Waals surface area contributed by atoms with E-state index in [1.165, 1.54) is 6.33 Å². The molecule has 1 aromatic carbocycles. The number of hydrogen-bond acceptors (Lipinski definition) is 4. The smallest absolute Gasteiger partial charge is 0.287 e. The molecule has 0 aliphatic rings. The molecule has 1 unspecified atom stereocenters. The number of fused-ring (bicyclic) bond motifs is 1. The van der Waals surface area contributed by atoms with Crippen LogP contribution in [0.5, 0.6) is 0 Å². The molecule has 6 heteroatoms. The number of amides is 1. The summed E-state index contributed by atoms with van der Waals surface area (Å²) in [6.07, 6.45) is 3.10. The Morgan fingerprint density at radius 2 is 2.23 bits per heavy atom. The van der Waals surface area contributed by atoms with E-state index in [0.717, 1.165) is 22.1 Å². The normalized spacial score (nSPS) is 12.5. The second-order valence-corrected chi connectivity index (χ2v) is 5.55. The van der Waals surface area contributed by atoms with E-state index in [0.29, 0.717) is 12.3 Å². The summed E-state index contributed by atoms with van der Waals surface area (Å²) in [5, 5.41) is 7.93. The van der Waals surface area contributed by atoms with Crippen molar-refractivity contribution >= 4 is 16.9 Å². The van der Waals surface area contributed by atoms with Crippen LogP contribution < -0.4 is 5.32 Å². The molecule has 1 amide bonds. The summed E-state index contributed by atoms with van der Waals surface area (Å²) in [5.41, 5.74) is 2.71. The summed E-state index contributed by atoms with van der Waals surface area (Å²) in [4.78, 5) is 16.3. The van der Waals surface area contributed by atoms with Gasteiger partial charge in [-0.15, -0.1) is 0 Å². The van der Waals surface area contributed by atoms with Crippen molar-refractivity contribution in [2.45, 2.75) is 33.4 Å². The Morgan fingerprint density at radius 1 is 1.41 bits per heavy atom. The molecular weight excluding hydrogens is 280 g/mol. The molecule has 0 aliphatic carbocycles.